The molecule has 0 heterocycles. The van der Waals surface area contributed by atoms with Crippen LogP contribution >= 0.6 is 0 Å². The van der Waals surface area contributed by atoms with Crippen molar-refractivity contribution in [1.29, 1.82) is 0 Å². The first kappa shape index (κ1) is 15.4. The number of rotatable bonds is 6. The maximum absolute atomic E-state index is 11.6. The van der Waals surface area contributed by atoms with Crippen molar-refractivity contribution in [1.82, 2.24) is 5.43 Å². The Kier molecular flexibility index (Phi) is 6.26. The number of carbonyl (C=O) groups is 1. The van der Waals surface area contributed by atoms with E-state index < -0.39 is 0 Å². The fourth-order valence-electron chi connectivity index (χ4n) is 1.77. The predicted molar refractivity (Wildman–Crippen MR) is 80.4 cm³/mol. The zero-order valence-electron chi connectivity index (χ0n) is 12.4. The van der Waals surface area contributed by atoms with Crippen molar-refractivity contribution >= 4 is 11.6 Å². The van der Waals surface area contributed by atoms with E-state index in [-0.39, 0.29) is 5.91 Å². The second-order valence-corrected chi connectivity index (χ2v) is 4.99. The van der Waals surface area contributed by atoms with Gasteiger partial charge in [0, 0.05) is 6.42 Å². The van der Waals surface area contributed by atoms with Gasteiger partial charge in [-0.2, -0.15) is 5.10 Å². The van der Waals surface area contributed by atoms with E-state index in [9.17, 15) is 4.79 Å². The molecule has 0 bridgehead atoms. The van der Waals surface area contributed by atoms with Gasteiger partial charge in [-0.15, -0.1) is 0 Å². The van der Waals surface area contributed by atoms with Crippen LogP contribution in [0.3, 0.4) is 0 Å². The zero-order valence-corrected chi connectivity index (χ0v) is 12.4. The molecule has 0 saturated carbocycles. The molecule has 3 nitrogen and oxygen atoms in total. The molecule has 3 heteroatoms. The van der Waals surface area contributed by atoms with Gasteiger partial charge in [-0.3, -0.25) is 4.79 Å². The van der Waals surface area contributed by atoms with E-state index in [1.165, 1.54) is 11.1 Å². The van der Waals surface area contributed by atoms with Crippen molar-refractivity contribution in [3.63, 3.8) is 0 Å². The number of nitrogens with one attached hydrogen (secondary N) is 1. The lowest BCUT2D eigenvalue weighted by atomic mass is 10.0. The van der Waals surface area contributed by atoms with Crippen LogP contribution in [-0.2, 0) is 4.79 Å². The summed E-state index contributed by atoms with van der Waals surface area (Å²) in [6, 6.07) is 6.20. The predicted octanol–water partition coefficient (Wildman–Crippen LogP) is 3.72. The first-order valence-electron chi connectivity index (χ1n) is 6.95. The van der Waals surface area contributed by atoms with E-state index in [1.54, 1.807) is 0 Å². The smallest absolute Gasteiger partial charge is 0.240 e. The van der Waals surface area contributed by atoms with Crippen molar-refractivity contribution in [2.75, 3.05) is 0 Å². The number of hydrazone groups is 1. The van der Waals surface area contributed by atoms with Gasteiger partial charge in [-0.1, -0.05) is 31.9 Å². The van der Waals surface area contributed by atoms with Crippen LogP contribution in [0.25, 0.3) is 0 Å². The van der Waals surface area contributed by atoms with Crippen molar-refractivity contribution in [2.45, 2.75) is 53.4 Å². The van der Waals surface area contributed by atoms with E-state index in [0.717, 1.165) is 30.5 Å². The lowest BCUT2D eigenvalue weighted by molar-refractivity contribution is -0.121. The molecule has 104 valence electrons. The highest BCUT2D eigenvalue weighted by molar-refractivity contribution is 5.99. The molecule has 0 aliphatic carbocycles. The van der Waals surface area contributed by atoms with Crippen LogP contribution in [0, 0.1) is 13.8 Å². The second kappa shape index (κ2) is 7.72. The number of benzene rings is 1. The number of nitrogens with zero attached hydrogens (tertiary/aromatic N) is 1. The number of unbranched alkanes of at least 4 members (excludes halogenated alkanes) is 2. The Morgan fingerprint density at radius 2 is 1.95 bits per heavy atom. The Morgan fingerprint density at radius 3 is 2.58 bits per heavy atom. The Balaban J connectivity index is 2.56. The molecule has 0 saturated heterocycles. The summed E-state index contributed by atoms with van der Waals surface area (Å²) in [5.74, 6) is -0.00312. The highest BCUT2D eigenvalue weighted by atomic mass is 16.2. The topological polar surface area (TPSA) is 41.5 Å². The Hall–Kier alpha value is -1.64. The van der Waals surface area contributed by atoms with Crippen molar-refractivity contribution < 1.29 is 4.79 Å². The monoisotopic (exact) mass is 260 g/mol. The molecule has 0 aliphatic rings. The normalized spacial score (nSPS) is 11.5. The van der Waals surface area contributed by atoms with Crippen molar-refractivity contribution in [2.24, 2.45) is 5.10 Å². The Labute approximate surface area is 116 Å². The molecule has 1 rings (SSSR count). The molecule has 1 N–H and O–H groups in total. The fourth-order valence-corrected chi connectivity index (χ4v) is 1.77. The Bertz CT molecular complexity index is 464. The van der Waals surface area contributed by atoms with Crippen LogP contribution in [0.2, 0.25) is 0 Å². The summed E-state index contributed by atoms with van der Waals surface area (Å²) in [5.41, 5.74) is 7.02. The molecule has 0 aromatic heterocycles. The van der Waals surface area contributed by atoms with Gasteiger partial charge < -0.3 is 0 Å². The van der Waals surface area contributed by atoms with Gasteiger partial charge in [0.1, 0.15) is 0 Å². The molecule has 0 atom stereocenters. The average Bonchev–Trinajstić information content (AvgIpc) is 2.39. The molecule has 19 heavy (non-hydrogen) atoms. The van der Waals surface area contributed by atoms with E-state index in [4.69, 9.17) is 0 Å². The third-order valence-corrected chi connectivity index (χ3v) is 3.28. The molecular formula is C16H24N2O. The van der Waals surface area contributed by atoms with Crippen LogP contribution in [0.15, 0.2) is 23.3 Å². The number of aryl methyl sites for hydroxylation is 2. The maximum Gasteiger partial charge on any atom is 0.240 e. The van der Waals surface area contributed by atoms with Gasteiger partial charge in [0.15, 0.2) is 0 Å². The first-order chi connectivity index (χ1) is 9.04. The van der Waals surface area contributed by atoms with Crippen molar-refractivity contribution in [3.8, 4) is 0 Å². The summed E-state index contributed by atoms with van der Waals surface area (Å²) >= 11 is 0. The molecular weight excluding hydrogens is 236 g/mol. The summed E-state index contributed by atoms with van der Waals surface area (Å²) in [6.07, 6.45) is 3.70. The summed E-state index contributed by atoms with van der Waals surface area (Å²) in [4.78, 5) is 11.6. The van der Waals surface area contributed by atoms with Gasteiger partial charge in [0.05, 0.1) is 5.71 Å². The molecule has 1 aromatic rings. The largest absolute Gasteiger partial charge is 0.273 e. The van der Waals surface area contributed by atoms with Crippen LogP contribution < -0.4 is 5.43 Å². The molecule has 0 fully saturated rings. The van der Waals surface area contributed by atoms with Crippen molar-refractivity contribution in [3.05, 3.63) is 34.9 Å². The average molecular weight is 260 g/mol. The molecule has 0 spiro atoms. The van der Waals surface area contributed by atoms with Gasteiger partial charge in [-0.25, -0.2) is 5.43 Å². The molecule has 1 amide bonds. The van der Waals surface area contributed by atoms with E-state index >= 15 is 0 Å². The van der Waals surface area contributed by atoms with Gasteiger partial charge >= 0.3 is 0 Å². The minimum Gasteiger partial charge on any atom is -0.273 e. The lowest BCUT2D eigenvalue weighted by Gasteiger charge is -2.05. The van der Waals surface area contributed by atoms with E-state index in [2.05, 4.69) is 43.4 Å². The lowest BCUT2D eigenvalue weighted by Crippen LogP contribution is -2.18. The van der Waals surface area contributed by atoms with Gasteiger partial charge in [-0.05, 0) is 49.9 Å². The third kappa shape index (κ3) is 5.25. The minimum atomic E-state index is -0.00312. The van der Waals surface area contributed by atoms with Crippen LogP contribution in [0.4, 0.5) is 0 Å². The van der Waals surface area contributed by atoms with Crippen LogP contribution in [0.5, 0.6) is 0 Å². The van der Waals surface area contributed by atoms with Gasteiger partial charge in [0.25, 0.3) is 0 Å². The second-order valence-electron chi connectivity index (χ2n) is 4.99. The number of hydrogen-bond acceptors (Lipinski definition) is 2. The van der Waals surface area contributed by atoms with Gasteiger partial charge in [0.2, 0.25) is 5.91 Å². The van der Waals surface area contributed by atoms with E-state index in [1.807, 2.05) is 13.0 Å². The minimum absolute atomic E-state index is 0.00312. The quantitative estimate of drug-likeness (QED) is 0.472. The zero-order chi connectivity index (χ0) is 14.3. The number of hydrogen-bond donors (Lipinski definition) is 1. The molecule has 0 unspecified atom stereocenters. The molecule has 1 aromatic carbocycles. The highest BCUT2D eigenvalue weighted by Crippen LogP contribution is 2.10. The van der Waals surface area contributed by atoms with Crippen LogP contribution in [0.1, 0.15) is 56.2 Å². The van der Waals surface area contributed by atoms with Crippen LogP contribution in [-0.4, -0.2) is 11.6 Å². The first-order valence-corrected chi connectivity index (χ1v) is 6.95. The third-order valence-electron chi connectivity index (χ3n) is 3.28. The number of amides is 1. The summed E-state index contributed by atoms with van der Waals surface area (Å²) in [5, 5.41) is 4.16. The fraction of sp³-hybridized carbons (Fsp3) is 0.500. The standard InChI is InChI=1S/C16H24N2O/c1-5-6-7-8-16(19)18-17-14(4)15-10-9-12(2)13(3)11-15/h9-11H,5-8H2,1-4H3,(H,18,19). The summed E-state index contributed by atoms with van der Waals surface area (Å²) in [7, 11) is 0. The maximum atomic E-state index is 11.6. The Morgan fingerprint density at radius 1 is 1.21 bits per heavy atom. The number of carbonyl (C=O) groups excluding carboxylic acids is 1. The highest BCUT2D eigenvalue weighted by Gasteiger charge is 2.02. The molecule has 0 aliphatic heterocycles. The summed E-state index contributed by atoms with van der Waals surface area (Å²) < 4.78 is 0. The summed E-state index contributed by atoms with van der Waals surface area (Å²) in [6.45, 7) is 8.20. The molecule has 0 radical (unpaired) electrons. The van der Waals surface area contributed by atoms with E-state index in [0.29, 0.717) is 6.42 Å². The SMILES string of the molecule is CCCCCC(=O)NN=C(C)c1ccc(C)c(C)c1.